The zero-order valence-electron chi connectivity index (χ0n) is 8.88. The van der Waals surface area contributed by atoms with Crippen molar-refractivity contribution in [3.63, 3.8) is 0 Å². The molecule has 7 heteroatoms. The number of phenolic OH excluding ortho intramolecular Hbond substituents is 1. The molecule has 0 fully saturated rings. The number of aryl methyl sites for hydroxylation is 1. The molecule has 1 amide bonds. The molecule has 88 valence electrons. The quantitative estimate of drug-likeness (QED) is 0.847. The minimum absolute atomic E-state index is 0.123. The highest BCUT2D eigenvalue weighted by molar-refractivity contribution is 6.30. The summed E-state index contributed by atoms with van der Waals surface area (Å²) < 4.78 is 1.41. The predicted molar refractivity (Wildman–Crippen MR) is 62.1 cm³/mol. The van der Waals surface area contributed by atoms with Gasteiger partial charge in [-0.25, -0.2) is 4.68 Å². The number of nitrogens with one attached hydrogen (secondary N) is 1. The van der Waals surface area contributed by atoms with Gasteiger partial charge in [0.2, 0.25) is 5.95 Å². The van der Waals surface area contributed by atoms with Crippen molar-refractivity contribution in [2.45, 2.75) is 0 Å². The summed E-state index contributed by atoms with van der Waals surface area (Å²) in [4.78, 5) is 15.6. The van der Waals surface area contributed by atoms with Crippen LogP contribution >= 0.6 is 11.6 Å². The summed E-state index contributed by atoms with van der Waals surface area (Å²) >= 11 is 5.67. The van der Waals surface area contributed by atoms with Gasteiger partial charge in [0.25, 0.3) is 5.91 Å². The topological polar surface area (TPSA) is 80.0 Å². The molecule has 2 aromatic rings. The van der Waals surface area contributed by atoms with Crippen molar-refractivity contribution < 1.29 is 9.90 Å². The fourth-order valence-corrected chi connectivity index (χ4v) is 1.44. The molecule has 0 saturated heterocycles. The van der Waals surface area contributed by atoms with E-state index >= 15 is 0 Å². The molecule has 0 aliphatic heterocycles. The van der Waals surface area contributed by atoms with Crippen molar-refractivity contribution >= 4 is 23.5 Å². The highest BCUT2D eigenvalue weighted by atomic mass is 35.5. The fourth-order valence-electron chi connectivity index (χ4n) is 1.28. The number of hydrogen-bond acceptors (Lipinski definition) is 4. The normalized spacial score (nSPS) is 10.2. The molecule has 0 spiro atoms. The molecule has 2 rings (SSSR count). The monoisotopic (exact) mass is 252 g/mol. The standard InChI is InChI=1S/C10H9ClN4O2/c1-15-10(12-5-13-15)14-9(17)7-3-2-6(11)4-8(7)16/h2-5,16H,1H3,(H,12,13,14,17). The Labute approximate surface area is 102 Å². The Balaban J connectivity index is 2.23. The Bertz CT molecular complexity index is 567. The van der Waals surface area contributed by atoms with Crippen LogP contribution in [0.15, 0.2) is 24.5 Å². The van der Waals surface area contributed by atoms with Crippen LogP contribution in [0.1, 0.15) is 10.4 Å². The molecule has 1 aromatic carbocycles. The van der Waals surface area contributed by atoms with Gasteiger partial charge in [-0.3, -0.25) is 10.1 Å². The van der Waals surface area contributed by atoms with Gasteiger partial charge in [-0.15, -0.1) is 0 Å². The first-order valence-electron chi connectivity index (χ1n) is 4.72. The van der Waals surface area contributed by atoms with Gasteiger partial charge in [0.05, 0.1) is 5.56 Å². The predicted octanol–water partition coefficient (Wildman–Crippen LogP) is 1.43. The molecule has 2 N–H and O–H groups in total. The third-order valence-corrected chi connectivity index (χ3v) is 2.38. The molecule has 0 unspecified atom stereocenters. The average molecular weight is 253 g/mol. The Morgan fingerprint density at radius 3 is 2.88 bits per heavy atom. The van der Waals surface area contributed by atoms with E-state index in [2.05, 4.69) is 15.4 Å². The molecule has 0 bridgehead atoms. The molecule has 1 heterocycles. The number of carbonyl (C=O) groups is 1. The van der Waals surface area contributed by atoms with Gasteiger partial charge in [0, 0.05) is 12.1 Å². The van der Waals surface area contributed by atoms with Crippen molar-refractivity contribution in [1.82, 2.24) is 14.8 Å². The largest absolute Gasteiger partial charge is 0.507 e. The van der Waals surface area contributed by atoms with E-state index in [1.54, 1.807) is 7.05 Å². The van der Waals surface area contributed by atoms with Crippen LogP contribution < -0.4 is 5.32 Å². The van der Waals surface area contributed by atoms with Gasteiger partial charge in [-0.2, -0.15) is 10.1 Å². The Morgan fingerprint density at radius 1 is 1.53 bits per heavy atom. The van der Waals surface area contributed by atoms with E-state index in [1.807, 2.05) is 0 Å². The van der Waals surface area contributed by atoms with E-state index in [-0.39, 0.29) is 11.3 Å². The van der Waals surface area contributed by atoms with Crippen molar-refractivity contribution in [3.05, 3.63) is 35.1 Å². The highest BCUT2D eigenvalue weighted by Gasteiger charge is 2.13. The number of aromatic nitrogens is 3. The van der Waals surface area contributed by atoms with Gasteiger partial charge in [-0.1, -0.05) is 11.6 Å². The maximum atomic E-state index is 11.8. The molecular weight excluding hydrogens is 244 g/mol. The summed E-state index contributed by atoms with van der Waals surface area (Å²) in [5.74, 6) is -0.364. The minimum atomic E-state index is -0.477. The molecule has 0 saturated carbocycles. The second-order valence-corrected chi connectivity index (χ2v) is 3.76. The van der Waals surface area contributed by atoms with Crippen molar-refractivity contribution in [2.75, 3.05) is 5.32 Å². The van der Waals surface area contributed by atoms with Crippen LogP contribution in [-0.2, 0) is 7.05 Å². The second-order valence-electron chi connectivity index (χ2n) is 3.32. The molecule has 0 atom stereocenters. The van der Waals surface area contributed by atoms with Crippen molar-refractivity contribution in [2.24, 2.45) is 7.05 Å². The number of phenols is 1. The van der Waals surface area contributed by atoms with Gasteiger partial charge >= 0.3 is 0 Å². The summed E-state index contributed by atoms with van der Waals surface area (Å²) in [5, 5.41) is 16.3. The number of benzene rings is 1. The van der Waals surface area contributed by atoms with Gasteiger partial charge in [-0.05, 0) is 18.2 Å². The summed E-state index contributed by atoms with van der Waals surface area (Å²) in [5.41, 5.74) is 0.123. The first kappa shape index (κ1) is 11.4. The number of rotatable bonds is 2. The molecule has 6 nitrogen and oxygen atoms in total. The summed E-state index contributed by atoms with van der Waals surface area (Å²) in [6.07, 6.45) is 1.32. The number of aromatic hydroxyl groups is 1. The van der Waals surface area contributed by atoms with Crippen LogP contribution in [0.4, 0.5) is 5.95 Å². The van der Waals surface area contributed by atoms with Crippen LogP contribution in [-0.4, -0.2) is 25.8 Å². The second kappa shape index (κ2) is 4.42. The molecular formula is C10H9ClN4O2. The van der Waals surface area contributed by atoms with E-state index in [0.717, 1.165) is 0 Å². The number of hydrogen-bond donors (Lipinski definition) is 2. The molecule has 0 aliphatic carbocycles. The molecule has 0 radical (unpaired) electrons. The van der Waals surface area contributed by atoms with Crippen LogP contribution in [0.3, 0.4) is 0 Å². The van der Waals surface area contributed by atoms with E-state index in [9.17, 15) is 9.90 Å². The van der Waals surface area contributed by atoms with Crippen LogP contribution in [0.2, 0.25) is 5.02 Å². The fraction of sp³-hybridized carbons (Fsp3) is 0.100. The summed E-state index contributed by atoms with van der Waals surface area (Å²) in [6.45, 7) is 0. The highest BCUT2D eigenvalue weighted by Crippen LogP contribution is 2.22. The zero-order valence-corrected chi connectivity index (χ0v) is 9.64. The van der Waals surface area contributed by atoms with E-state index in [4.69, 9.17) is 11.6 Å². The number of halogens is 1. The van der Waals surface area contributed by atoms with E-state index in [0.29, 0.717) is 11.0 Å². The van der Waals surface area contributed by atoms with Crippen molar-refractivity contribution in [3.8, 4) is 5.75 Å². The van der Waals surface area contributed by atoms with Gasteiger partial charge in [0.15, 0.2) is 0 Å². The lowest BCUT2D eigenvalue weighted by Gasteiger charge is -2.05. The molecule has 17 heavy (non-hydrogen) atoms. The van der Waals surface area contributed by atoms with Crippen LogP contribution in [0, 0.1) is 0 Å². The Morgan fingerprint density at radius 2 is 2.29 bits per heavy atom. The first-order chi connectivity index (χ1) is 8.08. The van der Waals surface area contributed by atoms with Gasteiger partial charge < -0.3 is 5.11 Å². The van der Waals surface area contributed by atoms with Crippen LogP contribution in [0.25, 0.3) is 0 Å². The summed E-state index contributed by atoms with van der Waals surface area (Å²) in [6, 6.07) is 4.25. The SMILES string of the molecule is Cn1ncnc1NC(=O)c1ccc(Cl)cc1O. The maximum absolute atomic E-state index is 11.8. The third kappa shape index (κ3) is 2.36. The lowest BCUT2D eigenvalue weighted by molar-refractivity contribution is 0.102. The lowest BCUT2D eigenvalue weighted by Crippen LogP contribution is -2.15. The number of carbonyl (C=O) groups excluding carboxylic acids is 1. The van der Waals surface area contributed by atoms with E-state index in [1.165, 1.54) is 29.2 Å². The Kier molecular flexibility index (Phi) is 2.97. The number of nitrogens with zero attached hydrogens (tertiary/aromatic N) is 3. The Hall–Kier alpha value is -2.08. The first-order valence-corrected chi connectivity index (χ1v) is 5.09. The van der Waals surface area contributed by atoms with E-state index < -0.39 is 5.91 Å². The zero-order chi connectivity index (χ0) is 12.4. The van der Waals surface area contributed by atoms with Gasteiger partial charge in [0.1, 0.15) is 12.1 Å². The smallest absolute Gasteiger partial charge is 0.261 e. The van der Waals surface area contributed by atoms with Crippen molar-refractivity contribution in [1.29, 1.82) is 0 Å². The summed E-state index contributed by atoms with van der Waals surface area (Å²) in [7, 11) is 1.64. The molecule has 1 aromatic heterocycles. The average Bonchev–Trinajstić information content (AvgIpc) is 2.64. The number of anilines is 1. The lowest BCUT2D eigenvalue weighted by atomic mass is 10.2. The minimum Gasteiger partial charge on any atom is -0.507 e. The maximum Gasteiger partial charge on any atom is 0.261 e. The number of amides is 1. The molecule has 0 aliphatic rings. The van der Waals surface area contributed by atoms with Crippen LogP contribution in [0.5, 0.6) is 5.75 Å². The third-order valence-electron chi connectivity index (χ3n) is 2.14.